The molecule has 2 heterocycles. The van der Waals surface area contributed by atoms with Crippen molar-refractivity contribution in [2.75, 3.05) is 7.05 Å². The lowest BCUT2D eigenvalue weighted by atomic mass is 9.88. The lowest BCUT2D eigenvalue weighted by Gasteiger charge is -2.40. The molecule has 0 aromatic rings. The van der Waals surface area contributed by atoms with Crippen LogP contribution in [0.5, 0.6) is 0 Å². The number of halogens is 1. The van der Waals surface area contributed by atoms with E-state index in [1.54, 1.807) is 7.05 Å². The number of amidine groups is 1. The van der Waals surface area contributed by atoms with Crippen molar-refractivity contribution in [1.29, 1.82) is 0 Å². The molecule has 7 heteroatoms. The molecule has 3 aliphatic rings. The summed E-state index contributed by atoms with van der Waals surface area (Å²) in [6, 6.07) is -0.690. The Morgan fingerprint density at radius 1 is 1.45 bits per heavy atom. The standard InChI is InChI=1S/C13H21FN2O3S/c1-15-13-16-8-7(14)10(18)11(19-12(8)20-13)9(17)6-4-2-3-5-6/h6-12,17-18H,2-5H2,1H3,(H,15,16)/t7-,8-,9?,10+,11-,12-/m1/s1. The van der Waals surface area contributed by atoms with Crippen molar-refractivity contribution in [3.05, 3.63) is 0 Å². The molecule has 0 bridgehead atoms. The maximum absolute atomic E-state index is 14.4. The molecule has 3 N–H and O–H groups in total. The van der Waals surface area contributed by atoms with E-state index in [2.05, 4.69) is 10.3 Å². The van der Waals surface area contributed by atoms with Crippen LogP contribution in [-0.2, 0) is 4.74 Å². The van der Waals surface area contributed by atoms with Gasteiger partial charge < -0.3 is 20.3 Å². The number of rotatable bonds is 2. The number of nitrogens with one attached hydrogen (secondary N) is 1. The van der Waals surface area contributed by atoms with Gasteiger partial charge in [0, 0.05) is 7.05 Å². The van der Waals surface area contributed by atoms with Crippen LogP contribution in [0, 0.1) is 5.92 Å². The monoisotopic (exact) mass is 304 g/mol. The summed E-state index contributed by atoms with van der Waals surface area (Å²) in [7, 11) is 1.72. The Kier molecular flexibility index (Phi) is 4.21. The van der Waals surface area contributed by atoms with Crippen LogP contribution in [0.4, 0.5) is 4.39 Å². The summed E-state index contributed by atoms with van der Waals surface area (Å²) in [5.74, 6) is 0.106. The van der Waals surface area contributed by atoms with Gasteiger partial charge in [0.25, 0.3) is 0 Å². The van der Waals surface area contributed by atoms with E-state index in [0.717, 1.165) is 25.7 Å². The first-order valence-corrected chi connectivity index (χ1v) is 8.07. The first kappa shape index (κ1) is 14.6. The van der Waals surface area contributed by atoms with Crippen molar-refractivity contribution in [3.63, 3.8) is 0 Å². The molecule has 20 heavy (non-hydrogen) atoms. The van der Waals surface area contributed by atoms with Gasteiger partial charge in [-0.15, -0.1) is 0 Å². The normalized spacial score (nSPS) is 43.2. The molecule has 0 spiro atoms. The summed E-state index contributed by atoms with van der Waals surface area (Å²) in [4.78, 5) is 4.18. The molecular weight excluding hydrogens is 283 g/mol. The second kappa shape index (κ2) is 5.79. The van der Waals surface area contributed by atoms with Gasteiger partial charge >= 0.3 is 0 Å². The Morgan fingerprint density at radius 2 is 2.15 bits per heavy atom. The average molecular weight is 304 g/mol. The van der Waals surface area contributed by atoms with E-state index >= 15 is 0 Å². The van der Waals surface area contributed by atoms with Gasteiger partial charge in [-0.25, -0.2) is 4.39 Å². The quantitative estimate of drug-likeness (QED) is 0.698. The number of hydrogen-bond acceptors (Lipinski definition) is 6. The van der Waals surface area contributed by atoms with Crippen LogP contribution < -0.4 is 5.32 Å². The molecule has 2 fully saturated rings. The lowest BCUT2D eigenvalue weighted by Crippen LogP contribution is -2.57. The van der Waals surface area contributed by atoms with E-state index in [0.29, 0.717) is 5.17 Å². The SMILES string of the molecule is CNC1=N[C@@H]2[C@@H](F)[C@H](O)[C@@H](C(O)C3CCCC3)O[C@@H]2S1. The summed E-state index contributed by atoms with van der Waals surface area (Å²) < 4.78 is 20.1. The van der Waals surface area contributed by atoms with Crippen LogP contribution in [0.2, 0.25) is 0 Å². The van der Waals surface area contributed by atoms with Crippen LogP contribution in [0.25, 0.3) is 0 Å². The highest BCUT2D eigenvalue weighted by Gasteiger charge is 2.52. The molecule has 1 aliphatic carbocycles. The van der Waals surface area contributed by atoms with Gasteiger partial charge in [0.1, 0.15) is 23.7 Å². The molecule has 6 atom stereocenters. The summed E-state index contributed by atoms with van der Waals surface area (Å²) in [6.45, 7) is 0. The van der Waals surface area contributed by atoms with Gasteiger partial charge in [-0.1, -0.05) is 24.6 Å². The number of nitrogens with zero attached hydrogens (tertiary/aromatic N) is 1. The van der Waals surface area contributed by atoms with E-state index < -0.39 is 36.0 Å². The topological polar surface area (TPSA) is 74.1 Å². The highest BCUT2D eigenvalue weighted by molar-refractivity contribution is 8.14. The minimum atomic E-state index is -1.49. The summed E-state index contributed by atoms with van der Waals surface area (Å²) in [5, 5.41) is 24.0. The number of hydrogen-bond donors (Lipinski definition) is 3. The predicted molar refractivity (Wildman–Crippen MR) is 75.4 cm³/mol. The lowest BCUT2D eigenvalue weighted by molar-refractivity contribution is -0.178. The van der Waals surface area contributed by atoms with E-state index in [4.69, 9.17) is 4.74 Å². The van der Waals surface area contributed by atoms with Gasteiger partial charge in [-0.05, 0) is 18.8 Å². The zero-order valence-corrected chi connectivity index (χ0v) is 12.2. The van der Waals surface area contributed by atoms with Gasteiger partial charge in [-0.2, -0.15) is 0 Å². The molecule has 3 rings (SSSR count). The molecule has 2 aliphatic heterocycles. The molecule has 0 radical (unpaired) electrons. The summed E-state index contributed by atoms with van der Waals surface area (Å²) >= 11 is 1.32. The number of aliphatic imine (C=N–C) groups is 1. The van der Waals surface area contributed by atoms with Gasteiger partial charge in [0.2, 0.25) is 0 Å². The van der Waals surface area contributed by atoms with Crippen molar-refractivity contribution in [2.24, 2.45) is 10.9 Å². The number of aliphatic hydroxyl groups is 2. The molecule has 1 unspecified atom stereocenters. The fourth-order valence-electron chi connectivity index (χ4n) is 3.33. The Balaban J connectivity index is 1.72. The molecule has 1 saturated carbocycles. The van der Waals surface area contributed by atoms with Crippen LogP contribution >= 0.6 is 11.8 Å². The number of alkyl halides is 1. The molecular formula is C13H21FN2O3S. The van der Waals surface area contributed by atoms with Crippen LogP contribution in [0.3, 0.4) is 0 Å². The first-order chi connectivity index (χ1) is 9.61. The van der Waals surface area contributed by atoms with E-state index in [-0.39, 0.29) is 5.92 Å². The Labute approximate surface area is 122 Å². The van der Waals surface area contributed by atoms with Gasteiger partial charge in [0.05, 0.1) is 6.10 Å². The zero-order chi connectivity index (χ0) is 14.3. The Bertz CT molecular complexity index is 392. The Hall–Kier alpha value is -0.370. The zero-order valence-electron chi connectivity index (χ0n) is 11.4. The van der Waals surface area contributed by atoms with Crippen molar-refractivity contribution in [2.45, 2.75) is 61.6 Å². The summed E-state index contributed by atoms with van der Waals surface area (Å²) in [5.41, 5.74) is -0.461. The van der Waals surface area contributed by atoms with Crippen LogP contribution in [0.1, 0.15) is 25.7 Å². The number of aliphatic hydroxyl groups excluding tert-OH is 2. The average Bonchev–Trinajstić information content (AvgIpc) is 3.10. The third kappa shape index (κ3) is 2.45. The molecule has 0 aromatic carbocycles. The largest absolute Gasteiger partial charge is 0.390 e. The number of thioether (sulfide) groups is 1. The Morgan fingerprint density at radius 3 is 2.80 bits per heavy atom. The van der Waals surface area contributed by atoms with Gasteiger partial charge in [0.15, 0.2) is 11.3 Å². The minimum Gasteiger partial charge on any atom is -0.390 e. The summed E-state index contributed by atoms with van der Waals surface area (Å²) in [6.07, 6.45) is -0.455. The molecule has 1 saturated heterocycles. The van der Waals surface area contributed by atoms with Crippen molar-refractivity contribution >= 4 is 16.9 Å². The fraction of sp³-hybridized carbons (Fsp3) is 0.923. The fourth-order valence-corrected chi connectivity index (χ4v) is 4.38. The predicted octanol–water partition coefficient (Wildman–Crippen LogP) is 0.652. The van der Waals surface area contributed by atoms with Crippen molar-refractivity contribution in [1.82, 2.24) is 5.32 Å². The highest BCUT2D eigenvalue weighted by atomic mass is 32.2. The second-order valence-corrected chi connectivity index (χ2v) is 6.82. The van der Waals surface area contributed by atoms with Crippen LogP contribution in [-0.4, -0.2) is 58.4 Å². The maximum Gasteiger partial charge on any atom is 0.159 e. The minimum absolute atomic E-state index is 0.106. The molecule has 114 valence electrons. The smallest absolute Gasteiger partial charge is 0.159 e. The maximum atomic E-state index is 14.4. The van der Waals surface area contributed by atoms with Crippen LogP contribution in [0.15, 0.2) is 4.99 Å². The van der Waals surface area contributed by atoms with Gasteiger partial charge in [-0.3, -0.25) is 4.99 Å². The first-order valence-electron chi connectivity index (χ1n) is 7.19. The third-order valence-electron chi connectivity index (χ3n) is 4.49. The van der Waals surface area contributed by atoms with E-state index in [1.165, 1.54) is 11.8 Å². The highest BCUT2D eigenvalue weighted by Crippen LogP contribution is 2.40. The molecule has 0 aromatic heterocycles. The third-order valence-corrected chi connectivity index (χ3v) is 5.64. The number of ether oxygens (including phenoxy) is 1. The molecule has 0 amide bonds. The second-order valence-electron chi connectivity index (χ2n) is 5.73. The molecule has 5 nitrogen and oxygen atoms in total. The number of fused-ring (bicyclic) bond motifs is 1. The van der Waals surface area contributed by atoms with E-state index in [9.17, 15) is 14.6 Å². The van der Waals surface area contributed by atoms with Crippen molar-refractivity contribution in [3.8, 4) is 0 Å². The van der Waals surface area contributed by atoms with Crippen molar-refractivity contribution < 1.29 is 19.3 Å². The van der Waals surface area contributed by atoms with E-state index in [1.807, 2.05) is 0 Å².